The molecule has 0 unspecified atom stereocenters. The number of halogens is 1. The highest BCUT2D eigenvalue weighted by molar-refractivity contribution is 6.31. The van der Waals surface area contributed by atoms with E-state index in [1.54, 1.807) is 6.07 Å². The first kappa shape index (κ1) is 20.3. The van der Waals surface area contributed by atoms with E-state index in [0.717, 1.165) is 27.8 Å². The quantitative estimate of drug-likeness (QED) is 0.811. The number of carbonyl (C=O) groups is 2. The average Bonchev–Trinajstić information content (AvgIpc) is 2.64. The molecule has 1 N–H and O–H groups in total. The Hall–Kier alpha value is -2.43. The van der Waals surface area contributed by atoms with Gasteiger partial charge in [-0.3, -0.25) is 9.59 Å². The topological polar surface area (TPSA) is 57.6 Å². The average molecular weight is 398 g/mol. The van der Waals surface area contributed by atoms with Crippen molar-refractivity contribution in [2.24, 2.45) is 0 Å². The van der Waals surface area contributed by atoms with Crippen LogP contribution in [0.1, 0.15) is 27.8 Å². The van der Waals surface area contributed by atoms with Gasteiger partial charge in [0.1, 0.15) is 0 Å². The second kappa shape index (κ2) is 8.72. The molecule has 1 amide bonds. The van der Waals surface area contributed by atoms with E-state index >= 15 is 0 Å². The molecule has 0 atom stereocenters. The maximum absolute atomic E-state index is 12.8. The molecule has 0 aromatic heterocycles. The number of carbonyl (C=O) groups excluding carboxylic acids is 2. The number of hydrogen-bond donors (Lipinski definition) is 1. The number of amides is 1. The molecular formula is C23H24ClNO3. The third kappa shape index (κ3) is 4.51. The Bertz CT molecular complexity index is 949. The molecule has 28 heavy (non-hydrogen) atoms. The summed E-state index contributed by atoms with van der Waals surface area (Å²) in [7, 11) is 0. The highest BCUT2D eigenvalue weighted by Crippen LogP contribution is 2.27. The van der Waals surface area contributed by atoms with Crippen molar-refractivity contribution >= 4 is 29.4 Å². The van der Waals surface area contributed by atoms with Gasteiger partial charge in [-0.2, -0.15) is 0 Å². The number of nitrogens with zero attached hydrogens (tertiary/aromatic N) is 1. The van der Waals surface area contributed by atoms with E-state index < -0.39 is 0 Å². The van der Waals surface area contributed by atoms with E-state index in [1.807, 2.05) is 38.1 Å². The Labute approximate surface area is 170 Å². The summed E-state index contributed by atoms with van der Waals surface area (Å²) in [4.78, 5) is 27.0. The van der Waals surface area contributed by atoms with Crippen LogP contribution >= 0.6 is 11.6 Å². The highest BCUT2D eigenvalue weighted by atomic mass is 35.5. The van der Waals surface area contributed by atoms with Crippen LogP contribution in [-0.4, -0.2) is 41.4 Å². The standard InChI is InChI=1S/C23H24ClNO3/c1-15-9-16(2)20-13-22(27)19(11-18(20)10-15)14-25(7-8-26)23(28)12-17-5-3-4-6-21(17)24/h3-6,9-11,26H,7-8,12-14H2,1-2H3. The van der Waals surface area contributed by atoms with Gasteiger partial charge in [-0.1, -0.05) is 47.5 Å². The molecular weight excluding hydrogens is 374 g/mol. The van der Waals surface area contributed by atoms with Crippen LogP contribution < -0.4 is 0 Å². The van der Waals surface area contributed by atoms with Crippen LogP contribution in [0.4, 0.5) is 0 Å². The van der Waals surface area contributed by atoms with E-state index in [0.29, 0.717) is 17.0 Å². The molecule has 5 heteroatoms. The van der Waals surface area contributed by atoms with E-state index in [2.05, 4.69) is 12.1 Å². The molecule has 0 spiro atoms. The maximum atomic E-state index is 12.8. The van der Waals surface area contributed by atoms with Crippen LogP contribution in [0, 0.1) is 13.8 Å². The molecule has 1 aliphatic rings. The fourth-order valence-electron chi connectivity index (χ4n) is 3.61. The van der Waals surface area contributed by atoms with E-state index in [9.17, 15) is 14.7 Å². The normalized spacial score (nSPS) is 13.1. The molecule has 0 radical (unpaired) electrons. The van der Waals surface area contributed by atoms with Crippen molar-refractivity contribution in [2.75, 3.05) is 19.7 Å². The zero-order chi connectivity index (χ0) is 20.3. The number of ketones is 1. The van der Waals surface area contributed by atoms with Crippen LogP contribution in [0.5, 0.6) is 0 Å². The Morgan fingerprint density at radius 3 is 2.68 bits per heavy atom. The van der Waals surface area contributed by atoms with Crippen LogP contribution in [-0.2, 0) is 22.4 Å². The van der Waals surface area contributed by atoms with Gasteiger partial charge in [0.15, 0.2) is 5.78 Å². The lowest BCUT2D eigenvalue weighted by molar-refractivity contribution is -0.130. The predicted molar refractivity (Wildman–Crippen MR) is 111 cm³/mol. The van der Waals surface area contributed by atoms with Gasteiger partial charge in [0.05, 0.1) is 13.0 Å². The number of fused-ring (bicyclic) bond motifs is 1. The first-order chi connectivity index (χ1) is 13.4. The summed E-state index contributed by atoms with van der Waals surface area (Å²) in [5.41, 5.74) is 5.67. The van der Waals surface area contributed by atoms with Crippen molar-refractivity contribution < 1.29 is 14.7 Å². The molecule has 1 aliphatic carbocycles. The first-order valence-corrected chi connectivity index (χ1v) is 9.72. The van der Waals surface area contributed by atoms with Crippen molar-refractivity contribution in [1.29, 1.82) is 0 Å². The van der Waals surface area contributed by atoms with Crippen molar-refractivity contribution in [3.05, 3.63) is 74.8 Å². The number of aliphatic hydroxyl groups excluding tert-OH is 1. The fraction of sp³-hybridized carbons (Fsp3) is 0.304. The monoisotopic (exact) mass is 397 g/mol. The summed E-state index contributed by atoms with van der Waals surface area (Å²) in [5.74, 6) is -0.144. The van der Waals surface area contributed by atoms with Gasteiger partial charge in [0.2, 0.25) is 5.91 Å². The smallest absolute Gasteiger partial charge is 0.227 e. The van der Waals surface area contributed by atoms with Gasteiger partial charge in [-0.15, -0.1) is 0 Å². The Balaban J connectivity index is 1.83. The van der Waals surface area contributed by atoms with Crippen molar-refractivity contribution in [3.8, 4) is 0 Å². The molecule has 0 fully saturated rings. The van der Waals surface area contributed by atoms with Crippen LogP contribution in [0.15, 0.2) is 42.0 Å². The minimum atomic E-state index is -0.165. The lowest BCUT2D eigenvalue weighted by Crippen LogP contribution is -2.38. The molecule has 0 heterocycles. The zero-order valence-electron chi connectivity index (χ0n) is 16.2. The highest BCUT2D eigenvalue weighted by Gasteiger charge is 2.24. The summed E-state index contributed by atoms with van der Waals surface area (Å²) in [6.07, 6.45) is 2.36. The number of aryl methyl sites for hydroxylation is 2. The predicted octanol–water partition coefficient (Wildman–Crippen LogP) is 3.53. The van der Waals surface area contributed by atoms with Crippen molar-refractivity contribution in [2.45, 2.75) is 26.7 Å². The Kier molecular flexibility index (Phi) is 6.32. The number of Topliss-reactive ketones (excluding diaryl/α,β-unsaturated/α-hetero) is 1. The van der Waals surface area contributed by atoms with Gasteiger partial charge in [0.25, 0.3) is 0 Å². The maximum Gasteiger partial charge on any atom is 0.227 e. The number of hydrogen-bond acceptors (Lipinski definition) is 3. The summed E-state index contributed by atoms with van der Waals surface area (Å²) < 4.78 is 0. The van der Waals surface area contributed by atoms with Gasteiger partial charge in [-0.05, 0) is 48.2 Å². The van der Waals surface area contributed by atoms with E-state index in [1.165, 1.54) is 4.90 Å². The minimum Gasteiger partial charge on any atom is -0.395 e. The summed E-state index contributed by atoms with van der Waals surface area (Å²) in [6.45, 7) is 4.25. The summed E-state index contributed by atoms with van der Waals surface area (Å²) >= 11 is 6.17. The van der Waals surface area contributed by atoms with Gasteiger partial charge >= 0.3 is 0 Å². The van der Waals surface area contributed by atoms with Gasteiger partial charge < -0.3 is 10.0 Å². The molecule has 2 aromatic rings. The van der Waals surface area contributed by atoms with Crippen LogP contribution in [0.2, 0.25) is 5.02 Å². The Morgan fingerprint density at radius 1 is 1.21 bits per heavy atom. The summed E-state index contributed by atoms with van der Waals surface area (Å²) in [5, 5.41) is 9.94. The molecule has 3 rings (SSSR count). The summed E-state index contributed by atoms with van der Waals surface area (Å²) in [6, 6.07) is 11.3. The third-order valence-electron chi connectivity index (χ3n) is 5.06. The number of rotatable bonds is 6. The van der Waals surface area contributed by atoms with Gasteiger partial charge in [0, 0.05) is 30.1 Å². The molecule has 0 saturated carbocycles. The molecule has 2 aromatic carbocycles. The number of benzene rings is 2. The SMILES string of the molecule is Cc1cc(C)c2c(c1)C=C(CN(CCO)C(=O)Cc1ccccc1Cl)C(=O)C2. The second-order valence-electron chi connectivity index (χ2n) is 7.23. The zero-order valence-corrected chi connectivity index (χ0v) is 16.9. The second-order valence-corrected chi connectivity index (χ2v) is 7.63. The largest absolute Gasteiger partial charge is 0.395 e. The molecule has 0 saturated heterocycles. The van der Waals surface area contributed by atoms with E-state index in [-0.39, 0.29) is 37.8 Å². The van der Waals surface area contributed by atoms with Crippen LogP contribution in [0.25, 0.3) is 6.08 Å². The minimum absolute atomic E-state index is 0.0212. The lowest BCUT2D eigenvalue weighted by Gasteiger charge is -2.25. The van der Waals surface area contributed by atoms with Crippen molar-refractivity contribution in [3.63, 3.8) is 0 Å². The molecule has 146 valence electrons. The fourth-order valence-corrected chi connectivity index (χ4v) is 3.81. The van der Waals surface area contributed by atoms with Crippen LogP contribution in [0.3, 0.4) is 0 Å². The molecule has 0 bridgehead atoms. The first-order valence-electron chi connectivity index (χ1n) is 9.35. The molecule has 4 nitrogen and oxygen atoms in total. The Morgan fingerprint density at radius 2 is 1.96 bits per heavy atom. The van der Waals surface area contributed by atoms with Crippen molar-refractivity contribution in [1.82, 2.24) is 4.90 Å². The van der Waals surface area contributed by atoms with Gasteiger partial charge in [-0.25, -0.2) is 0 Å². The lowest BCUT2D eigenvalue weighted by atomic mass is 9.87. The van der Waals surface area contributed by atoms with E-state index in [4.69, 9.17) is 11.6 Å². The number of aliphatic hydroxyl groups is 1. The third-order valence-corrected chi connectivity index (χ3v) is 5.43. The molecule has 0 aliphatic heterocycles.